The van der Waals surface area contributed by atoms with Gasteiger partial charge in [0.1, 0.15) is 11.5 Å². The molecule has 1 heterocycles. The van der Waals surface area contributed by atoms with Gasteiger partial charge in [0.15, 0.2) is 0 Å². The smallest absolute Gasteiger partial charge is 0.123 e. The van der Waals surface area contributed by atoms with Crippen molar-refractivity contribution in [3.63, 3.8) is 0 Å². The van der Waals surface area contributed by atoms with Gasteiger partial charge in [-0.3, -0.25) is 4.90 Å². The van der Waals surface area contributed by atoms with Crippen LogP contribution in [0.4, 0.5) is 0 Å². The number of phenolic OH excluding ortho intramolecular Hbond substituents is 1. The third-order valence-electron chi connectivity index (χ3n) is 4.12. The van der Waals surface area contributed by atoms with Gasteiger partial charge in [-0.2, -0.15) is 0 Å². The Balaban J connectivity index is 1.74. The van der Waals surface area contributed by atoms with Gasteiger partial charge in [0.05, 0.1) is 29.9 Å². The minimum Gasteiger partial charge on any atom is -0.508 e. The molecule has 3 rings (SSSR count). The van der Waals surface area contributed by atoms with Crippen molar-refractivity contribution >= 4 is 23.2 Å². The summed E-state index contributed by atoms with van der Waals surface area (Å²) in [6, 6.07) is 10.7. The first-order valence-electron chi connectivity index (χ1n) is 7.71. The third-order valence-corrected chi connectivity index (χ3v) is 4.86. The SMILES string of the molecule is COc1ccc(O)cc1CN1CCO[C@H](c2ccc(Cl)c(Cl)c2)C1. The maximum atomic E-state index is 9.72. The van der Waals surface area contributed by atoms with Crippen LogP contribution in [0.15, 0.2) is 36.4 Å². The maximum Gasteiger partial charge on any atom is 0.123 e. The second-order valence-electron chi connectivity index (χ2n) is 5.76. The number of nitrogens with zero attached hydrogens (tertiary/aromatic N) is 1. The molecule has 2 aromatic carbocycles. The van der Waals surface area contributed by atoms with E-state index in [-0.39, 0.29) is 11.9 Å². The quantitative estimate of drug-likeness (QED) is 0.875. The van der Waals surface area contributed by atoms with E-state index in [1.165, 1.54) is 0 Å². The molecule has 1 N–H and O–H groups in total. The molecule has 1 aliphatic heterocycles. The number of methoxy groups -OCH3 is 1. The summed E-state index contributed by atoms with van der Waals surface area (Å²) in [6.45, 7) is 2.86. The number of aromatic hydroxyl groups is 1. The summed E-state index contributed by atoms with van der Waals surface area (Å²) in [5, 5.41) is 10.8. The predicted octanol–water partition coefficient (Wildman–Crippen LogP) is 4.28. The normalized spacial score (nSPS) is 18.5. The number of hydrogen-bond acceptors (Lipinski definition) is 4. The molecule has 128 valence electrons. The largest absolute Gasteiger partial charge is 0.508 e. The summed E-state index contributed by atoms with van der Waals surface area (Å²) in [4.78, 5) is 2.27. The minimum atomic E-state index is -0.0585. The molecule has 0 unspecified atom stereocenters. The lowest BCUT2D eigenvalue weighted by Gasteiger charge is -2.33. The molecule has 0 bridgehead atoms. The first-order chi connectivity index (χ1) is 11.6. The third kappa shape index (κ3) is 3.95. The number of ether oxygens (including phenoxy) is 2. The number of phenols is 1. The Labute approximate surface area is 151 Å². The van der Waals surface area contributed by atoms with Crippen molar-refractivity contribution in [2.45, 2.75) is 12.6 Å². The van der Waals surface area contributed by atoms with Crippen molar-refractivity contribution in [1.82, 2.24) is 4.90 Å². The van der Waals surface area contributed by atoms with Crippen LogP contribution in [0.3, 0.4) is 0 Å². The average molecular weight is 368 g/mol. The Morgan fingerprint density at radius 1 is 1.21 bits per heavy atom. The molecule has 6 heteroatoms. The number of hydrogen-bond donors (Lipinski definition) is 1. The van der Waals surface area contributed by atoms with Crippen LogP contribution >= 0.6 is 23.2 Å². The summed E-state index contributed by atoms with van der Waals surface area (Å²) < 4.78 is 11.3. The van der Waals surface area contributed by atoms with E-state index in [2.05, 4.69) is 4.90 Å². The van der Waals surface area contributed by atoms with Crippen molar-refractivity contribution in [2.24, 2.45) is 0 Å². The van der Waals surface area contributed by atoms with E-state index in [0.717, 1.165) is 30.0 Å². The van der Waals surface area contributed by atoms with Gasteiger partial charge in [-0.25, -0.2) is 0 Å². The van der Waals surface area contributed by atoms with Crippen LogP contribution in [-0.2, 0) is 11.3 Å². The van der Waals surface area contributed by atoms with E-state index in [1.54, 1.807) is 31.4 Å². The van der Waals surface area contributed by atoms with Gasteiger partial charge in [-0.15, -0.1) is 0 Å². The van der Waals surface area contributed by atoms with Crippen molar-refractivity contribution < 1.29 is 14.6 Å². The molecular formula is C18H19Cl2NO3. The van der Waals surface area contributed by atoms with Gasteiger partial charge in [-0.05, 0) is 35.9 Å². The van der Waals surface area contributed by atoms with Crippen LogP contribution < -0.4 is 4.74 Å². The fourth-order valence-electron chi connectivity index (χ4n) is 2.89. The van der Waals surface area contributed by atoms with Crippen LogP contribution in [-0.4, -0.2) is 36.8 Å². The topological polar surface area (TPSA) is 41.9 Å². The van der Waals surface area contributed by atoms with Crippen molar-refractivity contribution in [1.29, 1.82) is 0 Å². The molecule has 0 aliphatic carbocycles. The molecule has 0 spiro atoms. The lowest BCUT2D eigenvalue weighted by molar-refractivity contribution is -0.0331. The highest BCUT2D eigenvalue weighted by Crippen LogP contribution is 2.31. The maximum absolute atomic E-state index is 9.72. The summed E-state index contributed by atoms with van der Waals surface area (Å²) in [7, 11) is 1.63. The summed E-state index contributed by atoms with van der Waals surface area (Å²) >= 11 is 12.1. The monoisotopic (exact) mass is 367 g/mol. The number of benzene rings is 2. The molecule has 0 radical (unpaired) electrons. The zero-order valence-electron chi connectivity index (χ0n) is 13.3. The van der Waals surface area contributed by atoms with E-state index in [0.29, 0.717) is 23.2 Å². The molecule has 0 amide bonds. The minimum absolute atomic E-state index is 0.0585. The van der Waals surface area contributed by atoms with E-state index in [4.69, 9.17) is 32.7 Å². The van der Waals surface area contributed by atoms with E-state index in [9.17, 15) is 5.11 Å². The predicted molar refractivity (Wildman–Crippen MR) is 95.1 cm³/mol. The fourth-order valence-corrected chi connectivity index (χ4v) is 3.20. The molecule has 4 nitrogen and oxygen atoms in total. The molecule has 0 aromatic heterocycles. The summed E-state index contributed by atoms with van der Waals surface area (Å²) in [6.07, 6.45) is -0.0585. The van der Waals surface area contributed by atoms with Gasteiger partial charge < -0.3 is 14.6 Å². The second-order valence-corrected chi connectivity index (χ2v) is 6.58. The van der Waals surface area contributed by atoms with Crippen molar-refractivity contribution in [2.75, 3.05) is 26.8 Å². The summed E-state index contributed by atoms with van der Waals surface area (Å²) in [5.74, 6) is 1.01. The molecular weight excluding hydrogens is 349 g/mol. The Hall–Kier alpha value is -1.46. The van der Waals surface area contributed by atoms with Gasteiger partial charge in [0.25, 0.3) is 0 Å². The highest BCUT2D eigenvalue weighted by Gasteiger charge is 2.23. The van der Waals surface area contributed by atoms with E-state index in [1.807, 2.05) is 12.1 Å². The van der Waals surface area contributed by atoms with Crippen LogP contribution in [0.1, 0.15) is 17.2 Å². The first-order valence-corrected chi connectivity index (χ1v) is 8.47. The number of rotatable bonds is 4. The first kappa shape index (κ1) is 17.4. The fraction of sp³-hybridized carbons (Fsp3) is 0.333. The molecule has 1 saturated heterocycles. The zero-order chi connectivity index (χ0) is 17.1. The van der Waals surface area contributed by atoms with E-state index >= 15 is 0 Å². The second kappa shape index (κ2) is 7.62. The Morgan fingerprint density at radius 3 is 2.79 bits per heavy atom. The molecule has 1 fully saturated rings. The van der Waals surface area contributed by atoms with Crippen molar-refractivity contribution in [3.8, 4) is 11.5 Å². The summed E-state index contributed by atoms with van der Waals surface area (Å²) in [5.41, 5.74) is 1.96. The number of halogens is 2. The van der Waals surface area contributed by atoms with Crippen LogP contribution in [0.2, 0.25) is 10.0 Å². The molecule has 0 saturated carbocycles. The van der Waals surface area contributed by atoms with Crippen LogP contribution in [0.5, 0.6) is 11.5 Å². The van der Waals surface area contributed by atoms with Gasteiger partial charge in [-0.1, -0.05) is 29.3 Å². The Bertz CT molecular complexity index is 723. The average Bonchev–Trinajstić information content (AvgIpc) is 2.58. The molecule has 1 atom stereocenters. The molecule has 2 aromatic rings. The number of morpholine rings is 1. The highest BCUT2D eigenvalue weighted by atomic mass is 35.5. The van der Waals surface area contributed by atoms with Crippen molar-refractivity contribution in [3.05, 3.63) is 57.6 Å². The molecule has 1 aliphatic rings. The van der Waals surface area contributed by atoms with Gasteiger partial charge in [0.2, 0.25) is 0 Å². The van der Waals surface area contributed by atoms with Gasteiger partial charge in [0, 0.05) is 25.2 Å². The Kier molecular flexibility index (Phi) is 5.51. The lowest BCUT2D eigenvalue weighted by Crippen LogP contribution is -2.37. The Morgan fingerprint density at radius 2 is 2.04 bits per heavy atom. The van der Waals surface area contributed by atoms with Crippen LogP contribution in [0, 0.1) is 0 Å². The lowest BCUT2D eigenvalue weighted by atomic mass is 10.1. The molecule has 24 heavy (non-hydrogen) atoms. The standard InChI is InChI=1S/C18H19Cl2NO3/c1-23-17-5-3-14(22)8-13(17)10-21-6-7-24-18(11-21)12-2-4-15(19)16(20)9-12/h2-5,8-9,18,22H,6-7,10-11H2,1H3/t18-/m0/s1. The van der Waals surface area contributed by atoms with E-state index < -0.39 is 0 Å². The zero-order valence-corrected chi connectivity index (χ0v) is 14.8. The highest BCUT2D eigenvalue weighted by molar-refractivity contribution is 6.42. The van der Waals surface area contributed by atoms with Gasteiger partial charge >= 0.3 is 0 Å². The van der Waals surface area contributed by atoms with Crippen LogP contribution in [0.25, 0.3) is 0 Å².